The van der Waals surface area contributed by atoms with Crippen molar-refractivity contribution in [1.29, 1.82) is 0 Å². The Hall–Kier alpha value is -1.06. The minimum absolute atomic E-state index is 0. The van der Waals surface area contributed by atoms with E-state index in [0.717, 1.165) is 5.56 Å². The molecule has 1 atom stereocenters. The molecule has 4 heteroatoms. The summed E-state index contributed by atoms with van der Waals surface area (Å²) in [5.74, 6) is -0.806. The van der Waals surface area contributed by atoms with Gasteiger partial charge in [0.15, 0.2) is 0 Å². The van der Waals surface area contributed by atoms with Gasteiger partial charge in [0.1, 0.15) is 0 Å². The molecule has 0 aliphatic rings. The Morgan fingerprint density at radius 3 is 2.18 bits per heavy atom. The van der Waals surface area contributed by atoms with E-state index in [0.29, 0.717) is 12.3 Å². The molecule has 0 unspecified atom stereocenters. The highest BCUT2D eigenvalue weighted by Crippen LogP contribution is 2.16. The number of hydrogen-bond donors (Lipinski definition) is 2. The Morgan fingerprint density at radius 2 is 1.82 bits per heavy atom. The Labute approximate surface area is 108 Å². The third-order valence-corrected chi connectivity index (χ3v) is 2.76. The van der Waals surface area contributed by atoms with Crippen LogP contribution in [0.5, 0.6) is 0 Å². The molecule has 0 saturated carbocycles. The van der Waals surface area contributed by atoms with Gasteiger partial charge in [0, 0.05) is 6.54 Å². The number of carboxylic acids is 1. The third-order valence-electron chi connectivity index (χ3n) is 2.76. The van der Waals surface area contributed by atoms with E-state index in [2.05, 4.69) is 26.0 Å². The molecule has 3 N–H and O–H groups in total. The van der Waals surface area contributed by atoms with E-state index in [9.17, 15) is 4.79 Å². The first kappa shape index (κ1) is 15.9. The molecule has 0 saturated heterocycles. The van der Waals surface area contributed by atoms with E-state index in [1.54, 1.807) is 0 Å². The summed E-state index contributed by atoms with van der Waals surface area (Å²) in [5.41, 5.74) is 7.72. The van der Waals surface area contributed by atoms with Crippen LogP contribution in [-0.4, -0.2) is 17.6 Å². The van der Waals surface area contributed by atoms with E-state index >= 15 is 0 Å². The van der Waals surface area contributed by atoms with Crippen LogP contribution in [0.15, 0.2) is 24.3 Å². The highest BCUT2D eigenvalue weighted by Gasteiger charge is 2.15. The molecule has 1 aromatic carbocycles. The number of aliphatic carboxylic acids is 1. The maximum Gasteiger partial charge on any atom is 0.308 e. The fourth-order valence-corrected chi connectivity index (χ4v) is 1.59. The van der Waals surface area contributed by atoms with Crippen molar-refractivity contribution in [3.63, 3.8) is 0 Å². The standard InChI is InChI=1S/C13H19NO2.ClH/c1-9(2)11-5-3-10(4-6-11)7-12(8-14)13(15)16;/h3-6,9,12H,7-8,14H2,1-2H3,(H,15,16);1H/t12-;/m0./s1. The predicted molar refractivity (Wildman–Crippen MR) is 71.7 cm³/mol. The van der Waals surface area contributed by atoms with Crippen LogP contribution >= 0.6 is 12.4 Å². The lowest BCUT2D eigenvalue weighted by atomic mass is 9.96. The average molecular weight is 258 g/mol. The molecule has 0 aliphatic heterocycles. The fourth-order valence-electron chi connectivity index (χ4n) is 1.59. The molecule has 0 bridgehead atoms. The Balaban J connectivity index is 0.00000256. The second-order valence-electron chi connectivity index (χ2n) is 4.37. The van der Waals surface area contributed by atoms with Crippen LogP contribution in [0.1, 0.15) is 30.9 Å². The lowest BCUT2D eigenvalue weighted by molar-refractivity contribution is -0.141. The molecule has 17 heavy (non-hydrogen) atoms. The molecule has 96 valence electrons. The molecule has 0 heterocycles. The van der Waals surface area contributed by atoms with E-state index in [1.165, 1.54) is 5.56 Å². The Kier molecular flexibility index (Phi) is 6.85. The van der Waals surface area contributed by atoms with Crippen molar-refractivity contribution in [2.75, 3.05) is 6.54 Å². The van der Waals surface area contributed by atoms with E-state index in [1.807, 2.05) is 12.1 Å². The quantitative estimate of drug-likeness (QED) is 0.852. The number of hydrogen-bond acceptors (Lipinski definition) is 2. The van der Waals surface area contributed by atoms with Gasteiger partial charge in [-0.1, -0.05) is 38.1 Å². The van der Waals surface area contributed by atoms with Gasteiger partial charge in [-0.2, -0.15) is 0 Å². The normalized spacial score (nSPS) is 12.0. The summed E-state index contributed by atoms with van der Waals surface area (Å²) in [6.45, 7) is 4.45. The van der Waals surface area contributed by atoms with Gasteiger partial charge in [-0.05, 0) is 23.5 Å². The molecule has 0 radical (unpaired) electrons. The van der Waals surface area contributed by atoms with E-state index in [-0.39, 0.29) is 19.0 Å². The molecule has 1 aromatic rings. The smallest absolute Gasteiger partial charge is 0.308 e. The van der Waals surface area contributed by atoms with Crippen LogP contribution in [0, 0.1) is 5.92 Å². The zero-order valence-corrected chi connectivity index (χ0v) is 11.0. The predicted octanol–water partition coefficient (Wildman–Crippen LogP) is 2.43. The summed E-state index contributed by atoms with van der Waals surface area (Å²) in [5, 5.41) is 8.90. The summed E-state index contributed by atoms with van der Waals surface area (Å²) in [6.07, 6.45) is 0.504. The SMILES string of the molecule is CC(C)c1ccc(C[C@@H](CN)C(=O)O)cc1.Cl. The molecule has 0 aliphatic carbocycles. The molecule has 3 nitrogen and oxygen atoms in total. The van der Waals surface area contributed by atoms with Crippen LogP contribution < -0.4 is 5.73 Å². The number of benzene rings is 1. The fraction of sp³-hybridized carbons (Fsp3) is 0.462. The first-order valence-corrected chi connectivity index (χ1v) is 5.56. The Morgan fingerprint density at radius 1 is 1.29 bits per heavy atom. The van der Waals surface area contributed by atoms with Crippen molar-refractivity contribution in [2.24, 2.45) is 11.7 Å². The number of carboxylic acid groups (broad SMARTS) is 1. The molecular weight excluding hydrogens is 238 g/mol. The average Bonchev–Trinajstić information content (AvgIpc) is 2.26. The lowest BCUT2D eigenvalue weighted by Gasteiger charge is -2.11. The number of halogens is 1. The van der Waals surface area contributed by atoms with Gasteiger partial charge in [-0.25, -0.2) is 0 Å². The monoisotopic (exact) mass is 257 g/mol. The van der Waals surface area contributed by atoms with Gasteiger partial charge in [-0.3, -0.25) is 4.79 Å². The highest BCUT2D eigenvalue weighted by molar-refractivity contribution is 5.85. The van der Waals surface area contributed by atoms with Crippen LogP contribution in [-0.2, 0) is 11.2 Å². The number of rotatable bonds is 5. The van der Waals surface area contributed by atoms with Gasteiger partial charge < -0.3 is 10.8 Å². The summed E-state index contributed by atoms with van der Waals surface area (Å²) >= 11 is 0. The topological polar surface area (TPSA) is 63.3 Å². The molecular formula is C13H20ClNO2. The minimum Gasteiger partial charge on any atom is -0.481 e. The van der Waals surface area contributed by atoms with Crippen molar-refractivity contribution < 1.29 is 9.90 Å². The van der Waals surface area contributed by atoms with E-state index < -0.39 is 11.9 Å². The van der Waals surface area contributed by atoms with Gasteiger partial charge in [0.25, 0.3) is 0 Å². The zero-order valence-electron chi connectivity index (χ0n) is 10.2. The number of nitrogens with two attached hydrogens (primary N) is 1. The second kappa shape index (κ2) is 7.30. The molecule has 0 amide bonds. The summed E-state index contributed by atoms with van der Waals surface area (Å²) in [7, 11) is 0. The van der Waals surface area contributed by atoms with Crippen molar-refractivity contribution in [3.05, 3.63) is 35.4 Å². The lowest BCUT2D eigenvalue weighted by Crippen LogP contribution is -2.25. The van der Waals surface area contributed by atoms with E-state index in [4.69, 9.17) is 10.8 Å². The van der Waals surface area contributed by atoms with Gasteiger partial charge in [-0.15, -0.1) is 12.4 Å². The zero-order chi connectivity index (χ0) is 12.1. The first-order chi connectivity index (χ1) is 7.54. The maximum atomic E-state index is 10.8. The van der Waals surface area contributed by atoms with Crippen molar-refractivity contribution in [3.8, 4) is 0 Å². The molecule has 0 aromatic heterocycles. The van der Waals surface area contributed by atoms with Crippen LogP contribution in [0.2, 0.25) is 0 Å². The van der Waals surface area contributed by atoms with Crippen molar-refractivity contribution in [1.82, 2.24) is 0 Å². The highest BCUT2D eigenvalue weighted by atomic mass is 35.5. The largest absolute Gasteiger partial charge is 0.481 e. The van der Waals surface area contributed by atoms with Gasteiger partial charge >= 0.3 is 5.97 Å². The van der Waals surface area contributed by atoms with Gasteiger partial charge in [0.2, 0.25) is 0 Å². The second-order valence-corrected chi connectivity index (χ2v) is 4.37. The summed E-state index contributed by atoms with van der Waals surface area (Å²) in [4.78, 5) is 10.8. The van der Waals surface area contributed by atoms with Crippen molar-refractivity contribution >= 4 is 18.4 Å². The van der Waals surface area contributed by atoms with Crippen LogP contribution in [0.3, 0.4) is 0 Å². The molecule has 0 spiro atoms. The summed E-state index contributed by atoms with van der Waals surface area (Å²) in [6, 6.07) is 8.08. The number of carbonyl (C=O) groups is 1. The third kappa shape index (κ3) is 4.75. The Bertz CT molecular complexity index is 349. The molecule has 1 rings (SSSR count). The minimum atomic E-state index is -0.824. The molecule has 0 fully saturated rings. The first-order valence-electron chi connectivity index (χ1n) is 5.56. The van der Waals surface area contributed by atoms with Gasteiger partial charge in [0.05, 0.1) is 5.92 Å². The van der Waals surface area contributed by atoms with Crippen LogP contribution in [0.25, 0.3) is 0 Å². The summed E-state index contributed by atoms with van der Waals surface area (Å²) < 4.78 is 0. The van der Waals surface area contributed by atoms with Crippen molar-refractivity contribution in [2.45, 2.75) is 26.2 Å². The van der Waals surface area contributed by atoms with Crippen LogP contribution in [0.4, 0.5) is 0 Å². The maximum absolute atomic E-state index is 10.8.